The van der Waals surface area contributed by atoms with Crippen LogP contribution in [0.4, 0.5) is 0 Å². The zero-order valence-electron chi connectivity index (χ0n) is 12.3. The van der Waals surface area contributed by atoms with Gasteiger partial charge in [0.25, 0.3) is 5.91 Å². The van der Waals surface area contributed by atoms with Crippen LogP contribution in [-0.2, 0) is 0 Å². The first-order valence-corrected chi connectivity index (χ1v) is 8.08. The Bertz CT molecular complexity index is 567. The van der Waals surface area contributed by atoms with Gasteiger partial charge in [0.05, 0.1) is 0 Å². The molecule has 0 aliphatic heterocycles. The summed E-state index contributed by atoms with van der Waals surface area (Å²) < 4.78 is 5.12. The Hall–Kier alpha value is -1.75. The van der Waals surface area contributed by atoms with Gasteiger partial charge >= 0.3 is 0 Å². The van der Waals surface area contributed by atoms with Gasteiger partial charge in [0.2, 0.25) is 0 Å². The minimum atomic E-state index is -0.171. The van der Waals surface area contributed by atoms with E-state index in [0.29, 0.717) is 12.2 Å². The molecule has 0 spiro atoms. The lowest BCUT2D eigenvalue weighted by Crippen LogP contribution is -2.25. The maximum atomic E-state index is 11.9. The highest BCUT2D eigenvalue weighted by Crippen LogP contribution is 2.17. The fraction of sp³-hybridized carbons (Fsp3) is 0.375. The Labute approximate surface area is 129 Å². The van der Waals surface area contributed by atoms with E-state index in [2.05, 4.69) is 22.6 Å². The molecule has 0 fully saturated rings. The highest BCUT2D eigenvalue weighted by atomic mass is 32.2. The zero-order valence-corrected chi connectivity index (χ0v) is 13.2. The molecule has 0 aliphatic carbocycles. The molecule has 0 atom stereocenters. The second-order valence-corrected chi connectivity index (χ2v) is 6.21. The SMILES string of the molecule is CC(C)c1cc(C(=O)NCCCSc2ccccc2)no1. The molecule has 1 aromatic carbocycles. The summed E-state index contributed by atoms with van der Waals surface area (Å²) in [4.78, 5) is 13.1. The lowest BCUT2D eigenvalue weighted by atomic mass is 10.1. The Morgan fingerprint density at radius 3 is 2.76 bits per heavy atom. The molecule has 0 bridgehead atoms. The number of hydrogen-bond acceptors (Lipinski definition) is 4. The molecule has 0 unspecified atom stereocenters. The predicted molar refractivity (Wildman–Crippen MR) is 84.7 cm³/mol. The molecule has 5 heteroatoms. The van der Waals surface area contributed by atoms with Gasteiger partial charge in [0.15, 0.2) is 5.69 Å². The minimum Gasteiger partial charge on any atom is -0.360 e. The highest BCUT2D eigenvalue weighted by Gasteiger charge is 2.13. The molecule has 0 aliphatic rings. The van der Waals surface area contributed by atoms with Crippen molar-refractivity contribution in [2.24, 2.45) is 0 Å². The number of thioether (sulfide) groups is 1. The van der Waals surface area contributed by atoms with E-state index in [1.165, 1.54) is 4.90 Å². The second kappa shape index (κ2) is 7.88. The van der Waals surface area contributed by atoms with Crippen molar-refractivity contribution < 1.29 is 9.32 Å². The molecule has 1 N–H and O–H groups in total. The van der Waals surface area contributed by atoms with Crippen LogP contribution in [0, 0.1) is 0 Å². The molecular formula is C16H20N2O2S. The average Bonchev–Trinajstić information content (AvgIpc) is 2.98. The van der Waals surface area contributed by atoms with Crippen molar-refractivity contribution >= 4 is 17.7 Å². The monoisotopic (exact) mass is 304 g/mol. The maximum absolute atomic E-state index is 11.9. The predicted octanol–water partition coefficient (Wildman–Crippen LogP) is 3.71. The van der Waals surface area contributed by atoms with Gasteiger partial charge in [-0.15, -0.1) is 11.8 Å². The molecular weight excluding hydrogens is 284 g/mol. The van der Waals surface area contributed by atoms with Crippen LogP contribution >= 0.6 is 11.8 Å². The number of amides is 1. The van der Waals surface area contributed by atoms with Gasteiger partial charge in [-0.1, -0.05) is 37.2 Å². The number of carbonyl (C=O) groups is 1. The van der Waals surface area contributed by atoms with Crippen molar-refractivity contribution in [1.82, 2.24) is 10.5 Å². The van der Waals surface area contributed by atoms with Crippen molar-refractivity contribution in [3.63, 3.8) is 0 Å². The summed E-state index contributed by atoms with van der Waals surface area (Å²) in [6.45, 7) is 4.65. The van der Waals surface area contributed by atoms with Crippen LogP contribution in [0.5, 0.6) is 0 Å². The normalized spacial score (nSPS) is 10.8. The highest BCUT2D eigenvalue weighted by molar-refractivity contribution is 7.99. The number of aromatic nitrogens is 1. The molecule has 1 heterocycles. The van der Waals surface area contributed by atoms with E-state index in [4.69, 9.17) is 4.52 Å². The van der Waals surface area contributed by atoms with Crippen molar-refractivity contribution in [2.75, 3.05) is 12.3 Å². The number of rotatable bonds is 7. The molecule has 2 rings (SSSR count). The molecule has 2 aromatic rings. The van der Waals surface area contributed by atoms with E-state index in [1.54, 1.807) is 17.8 Å². The van der Waals surface area contributed by atoms with Gasteiger partial charge in [-0.25, -0.2) is 0 Å². The average molecular weight is 304 g/mol. The van der Waals surface area contributed by atoms with Crippen LogP contribution in [0.1, 0.15) is 42.4 Å². The first-order valence-electron chi connectivity index (χ1n) is 7.09. The fourth-order valence-electron chi connectivity index (χ4n) is 1.74. The van der Waals surface area contributed by atoms with Crippen LogP contribution in [0.15, 0.2) is 45.8 Å². The van der Waals surface area contributed by atoms with Gasteiger partial charge in [-0.05, 0) is 24.3 Å². The molecule has 1 aromatic heterocycles. The van der Waals surface area contributed by atoms with Crippen molar-refractivity contribution in [1.29, 1.82) is 0 Å². The van der Waals surface area contributed by atoms with Crippen molar-refractivity contribution in [3.05, 3.63) is 47.9 Å². The topological polar surface area (TPSA) is 55.1 Å². The standard InChI is InChI=1S/C16H20N2O2S/c1-12(2)15-11-14(18-20-15)16(19)17-9-6-10-21-13-7-4-3-5-8-13/h3-5,7-8,11-12H,6,9-10H2,1-2H3,(H,17,19). The van der Waals surface area contributed by atoms with E-state index in [1.807, 2.05) is 32.0 Å². The largest absolute Gasteiger partial charge is 0.360 e. The molecule has 112 valence electrons. The van der Waals surface area contributed by atoms with Gasteiger partial charge < -0.3 is 9.84 Å². The van der Waals surface area contributed by atoms with Crippen LogP contribution in [0.2, 0.25) is 0 Å². The third-order valence-electron chi connectivity index (χ3n) is 2.95. The summed E-state index contributed by atoms with van der Waals surface area (Å²) in [6, 6.07) is 12.0. The molecule has 0 radical (unpaired) electrons. The Morgan fingerprint density at radius 1 is 1.33 bits per heavy atom. The molecule has 0 saturated carbocycles. The first-order chi connectivity index (χ1) is 10.2. The lowest BCUT2D eigenvalue weighted by Gasteiger charge is -2.03. The summed E-state index contributed by atoms with van der Waals surface area (Å²) in [6.07, 6.45) is 0.917. The molecule has 0 saturated heterocycles. The fourth-order valence-corrected chi connectivity index (χ4v) is 2.61. The zero-order chi connectivity index (χ0) is 15.1. The number of benzene rings is 1. The van der Waals surface area contributed by atoms with Gasteiger partial charge in [0, 0.05) is 23.4 Å². The summed E-state index contributed by atoms with van der Waals surface area (Å²) in [5, 5.41) is 6.65. The van der Waals surface area contributed by atoms with Crippen LogP contribution < -0.4 is 5.32 Å². The Morgan fingerprint density at radius 2 is 2.10 bits per heavy atom. The van der Waals surface area contributed by atoms with Crippen molar-refractivity contribution in [3.8, 4) is 0 Å². The third kappa shape index (κ3) is 4.93. The van der Waals surface area contributed by atoms with E-state index in [0.717, 1.165) is 17.9 Å². The third-order valence-corrected chi connectivity index (χ3v) is 4.05. The lowest BCUT2D eigenvalue weighted by molar-refractivity contribution is 0.0944. The number of hydrogen-bond donors (Lipinski definition) is 1. The maximum Gasteiger partial charge on any atom is 0.273 e. The van der Waals surface area contributed by atoms with Crippen LogP contribution in [0.3, 0.4) is 0 Å². The first kappa shape index (κ1) is 15.6. The number of carbonyl (C=O) groups excluding carboxylic acids is 1. The Kier molecular flexibility index (Phi) is 5.87. The number of nitrogens with zero attached hydrogens (tertiary/aromatic N) is 1. The molecule has 1 amide bonds. The van der Waals surface area contributed by atoms with Gasteiger partial charge in [-0.2, -0.15) is 0 Å². The molecule has 21 heavy (non-hydrogen) atoms. The summed E-state index contributed by atoms with van der Waals surface area (Å²) in [5.74, 6) is 1.77. The van der Waals surface area contributed by atoms with Crippen LogP contribution in [0.25, 0.3) is 0 Å². The second-order valence-electron chi connectivity index (χ2n) is 5.04. The summed E-state index contributed by atoms with van der Waals surface area (Å²) >= 11 is 1.79. The van der Waals surface area contributed by atoms with Crippen LogP contribution in [-0.4, -0.2) is 23.4 Å². The van der Waals surface area contributed by atoms with Crippen molar-refractivity contribution in [2.45, 2.75) is 31.1 Å². The Balaban J connectivity index is 1.67. The number of nitrogens with one attached hydrogen (secondary N) is 1. The van der Waals surface area contributed by atoms with Gasteiger partial charge in [0.1, 0.15) is 5.76 Å². The van der Waals surface area contributed by atoms with Gasteiger partial charge in [-0.3, -0.25) is 4.79 Å². The van der Waals surface area contributed by atoms with E-state index in [-0.39, 0.29) is 11.8 Å². The summed E-state index contributed by atoms with van der Waals surface area (Å²) in [7, 11) is 0. The van der Waals surface area contributed by atoms with E-state index in [9.17, 15) is 4.79 Å². The van der Waals surface area contributed by atoms with E-state index < -0.39 is 0 Å². The smallest absolute Gasteiger partial charge is 0.273 e. The summed E-state index contributed by atoms with van der Waals surface area (Å²) in [5.41, 5.74) is 0.356. The quantitative estimate of drug-likeness (QED) is 0.626. The molecule has 4 nitrogen and oxygen atoms in total. The minimum absolute atomic E-state index is 0.171. The van der Waals surface area contributed by atoms with E-state index >= 15 is 0 Å².